The standard InChI is InChI=1S/C19H16FNO4/c1-19(18(23)24,17(22)11-6-4-3-5-7-11)13-10-21-15-9-14(20)16(25-2)8-12(13)15/h3-10,21H,1-2H3,(H,23,24). The van der Waals surface area contributed by atoms with E-state index >= 15 is 0 Å². The highest BCUT2D eigenvalue weighted by Crippen LogP contribution is 2.36. The van der Waals surface area contributed by atoms with Crippen LogP contribution in [-0.2, 0) is 10.2 Å². The maximum atomic E-state index is 13.9. The summed E-state index contributed by atoms with van der Waals surface area (Å²) < 4.78 is 18.9. The molecule has 25 heavy (non-hydrogen) atoms. The van der Waals surface area contributed by atoms with Crippen molar-refractivity contribution in [2.75, 3.05) is 7.11 Å². The number of aromatic amines is 1. The van der Waals surface area contributed by atoms with Crippen LogP contribution in [0.25, 0.3) is 10.9 Å². The van der Waals surface area contributed by atoms with Crippen LogP contribution in [0.1, 0.15) is 22.8 Å². The fraction of sp³-hybridized carbons (Fsp3) is 0.158. The molecule has 0 aliphatic carbocycles. The van der Waals surface area contributed by atoms with E-state index in [0.29, 0.717) is 10.9 Å². The van der Waals surface area contributed by atoms with Gasteiger partial charge in [0.05, 0.1) is 7.11 Å². The van der Waals surface area contributed by atoms with Gasteiger partial charge in [-0.1, -0.05) is 30.3 Å². The Hall–Kier alpha value is -3.15. The second-order valence-electron chi connectivity index (χ2n) is 5.86. The summed E-state index contributed by atoms with van der Waals surface area (Å²) in [6.45, 7) is 1.35. The van der Waals surface area contributed by atoms with E-state index in [9.17, 15) is 19.1 Å². The third-order valence-corrected chi connectivity index (χ3v) is 4.41. The lowest BCUT2D eigenvalue weighted by Crippen LogP contribution is -2.40. The van der Waals surface area contributed by atoms with Crippen LogP contribution in [0.5, 0.6) is 5.75 Å². The third kappa shape index (κ3) is 2.55. The second kappa shape index (κ2) is 6.05. The number of ketones is 1. The maximum Gasteiger partial charge on any atom is 0.321 e. The molecule has 0 amide bonds. The van der Waals surface area contributed by atoms with E-state index in [2.05, 4.69) is 4.98 Å². The highest BCUT2D eigenvalue weighted by atomic mass is 19.1. The van der Waals surface area contributed by atoms with Crippen molar-refractivity contribution in [2.45, 2.75) is 12.3 Å². The molecule has 0 fully saturated rings. The smallest absolute Gasteiger partial charge is 0.321 e. The summed E-state index contributed by atoms with van der Waals surface area (Å²) in [5.41, 5.74) is -0.901. The SMILES string of the molecule is COc1cc2c(C(C)(C(=O)O)C(=O)c3ccccc3)c[nH]c2cc1F. The quantitative estimate of drug-likeness (QED) is 0.549. The summed E-state index contributed by atoms with van der Waals surface area (Å²) in [4.78, 5) is 27.9. The Morgan fingerprint density at radius 3 is 2.48 bits per heavy atom. The minimum atomic E-state index is -1.83. The first-order valence-corrected chi connectivity index (χ1v) is 7.58. The molecular weight excluding hydrogens is 325 g/mol. The fourth-order valence-corrected chi connectivity index (χ4v) is 2.91. The summed E-state index contributed by atoms with van der Waals surface area (Å²) in [6.07, 6.45) is 1.43. The van der Waals surface area contributed by atoms with Crippen molar-refractivity contribution >= 4 is 22.7 Å². The van der Waals surface area contributed by atoms with Crippen LogP contribution in [0.15, 0.2) is 48.7 Å². The number of hydrogen-bond acceptors (Lipinski definition) is 3. The van der Waals surface area contributed by atoms with Gasteiger partial charge >= 0.3 is 5.97 Å². The average Bonchev–Trinajstić information content (AvgIpc) is 3.03. The Kier molecular flexibility index (Phi) is 4.04. The lowest BCUT2D eigenvalue weighted by atomic mass is 9.76. The van der Waals surface area contributed by atoms with Crippen LogP contribution < -0.4 is 4.74 Å². The van der Waals surface area contributed by atoms with Crippen molar-refractivity contribution in [3.8, 4) is 5.75 Å². The number of hydrogen-bond donors (Lipinski definition) is 2. The minimum absolute atomic E-state index is 0.0201. The number of carbonyl (C=O) groups excluding carboxylic acids is 1. The fourth-order valence-electron chi connectivity index (χ4n) is 2.91. The molecule has 3 rings (SSSR count). The zero-order valence-electron chi connectivity index (χ0n) is 13.7. The van der Waals surface area contributed by atoms with Crippen LogP contribution in [-0.4, -0.2) is 29.0 Å². The number of aliphatic carboxylic acids is 1. The van der Waals surface area contributed by atoms with Gasteiger partial charge in [0.25, 0.3) is 0 Å². The zero-order valence-corrected chi connectivity index (χ0v) is 13.7. The molecule has 0 saturated heterocycles. The first kappa shape index (κ1) is 16.7. The number of halogens is 1. The molecule has 5 nitrogen and oxygen atoms in total. The van der Waals surface area contributed by atoms with Crippen LogP contribution in [0.2, 0.25) is 0 Å². The van der Waals surface area contributed by atoms with Gasteiger partial charge in [-0.2, -0.15) is 0 Å². The maximum absolute atomic E-state index is 13.9. The van der Waals surface area contributed by atoms with E-state index in [1.165, 1.54) is 32.4 Å². The van der Waals surface area contributed by atoms with Gasteiger partial charge in [-0.25, -0.2) is 4.39 Å². The Bertz CT molecular complexity index is 964. The molecule has 0 aliphatic rings. The van der Waals surface area contributed by atoms with Crippen molar-refractivity contribution in [2.24, 2.45) is 0 Å². The molecule has 1 heterocycles. The molecule has 6 heteroatoms. The highest BCUT2D eigenvalue weighted by Gasteiger charge is 2.45. The van der Waals surface area contributed by atoms with Crippen molar-refractivity contribution < 1.29 is 23.8 Å². The van der Waals surface area contributed by atoms with Crippen molar-refractivity contribution in [1.82, 2.24) is 4.98 Å². The van der Waals surface area contributed by atoms with Gasteiger partial charge in [0.2, 0.25) is 0 Å². The zero-order chi connectivity index (χ0) is 18.2. The number of benzene rings is 2. The van der Waals surface area contributed by atoms with Gasteiger partial charge in [-0.3, -0.25) is 9.59 Å². The molecule has 0 aliphatic heterocycles. The normalized spacial score (nSPS) is 13.4. The summed E-state index contributed by atoms with van der Waals surface area (Å²) in [5.74, 6) is -2.43. The largest absolute Gasteiger partial charge is 0.494 e. The van der Waals surface area contributed by atoms with E-state index in [1.807, 2.05) is 0 Å². The Balaban J connectivity index is 2.24. The molecule has 0 bridgehead atoms. The molecule has 128 valence electrons. The van der Waals surface area contributed by atoms with E-state index in [1.54, 1.807) is 30.3 Å². The van der Waals surface area contributed by atoms with Gasteiger partial charge < -0.3 is 14.8 Å². The van der Waals surface area contributed by atoms with E-state index in [0.717, 1.165) is 0 Å². The molecule has 1 aromatic heterocycles. The van der Waals surface area contributed by atoms with Gasteiger partial charge in [-0.15, -0.1) is 0 Å². The number of nitrogens with one attached hydrogen (secondary N) is 1. The van der Waals surface area contributed by atoms with Crippen molar-refractivity contribution in [1.29, 1.82) is 0 Å². The van der Waals surface area contributed by atoms with Gasteiger partial charge in [-0.05, 0) is 13.0 Å². The molecule has 0 radical (unpaired) electrons. The van der Waals surface area contributed by atoms with Gasteiger partial charge in [0.1, 0.15) is 0 Å². The predicted molar refractivity (Wildman–Crippen MR) is 90.6 cm³/mol. The number of carbonyl (C=O) groups is 2. The van der Waals surface area contributed by atoms with E-state index < -0.39 is 23.0 Å². The predicted octanol–water partition coefficient (Wildman–Crippen LogP) is 3.54. The van der Waals surface area contributed by atoms with Crippen molar-refractivity contribution in [3.05, 3.63) is 65.6 Å². The Morgan fingerprint density at radius 1 is 1.20 bits per heavy atom. The number of carboxylic acid groups (broad SMARTS) is 1. The third-order valence-electron chi connectivity index (χ3n) is 4.41. The molecular formula is C19H16FNO4. The van der Waals surface area contributed by atoms with Crippen LogP contribution in [0, 0.1) is 5.82 Å². The van der Waals surface area contributed by atoms with E-state index in [4.69, 9.17) is 4.74 Å². The van der Waals surface area contributed by atoms with Gasteiger partial charge in [0, 0.05) is 34.3 Å². The van der Waals surface area contributed by atoms with Crippen LogP contribution in [0.4, 0.5) is 4.39 Å². The minimum Gasteiger partial charge on any atom is -0.494 e. The molecule has 2 N–H and O–H groups in total. The van der Waals surface area contributed by atoms with Crippen LogP contribution in [0.3, 0.4) is 0 Å². The Labute approximate surface area is 143 Å². The number of rotatable bonds is 5. The summed E-state index contributed by atoms with van der Waals surface area (Å²) in [7, 11) is 1.32. The van der Waals surface area contributed by atoms with Gasteiger partial charge in [0.15, 0.2) is 22.8 Å². The lowest BCUT2D eigenvalue weighted by molar-refractivity contribution is -0.141. The lowest BCUT2D eigenvalue weighted by Gasteiger charge is -2.23. The Morgan fingerprint density at radius 2 is 1.88 bits per heavy atom. The molecule has 1 atom stereocenters. The van der Waals surface area contributed by atoms with E-state index in [-0.39, 0.29) is 16.9 Å². The molecule has 2 aromatic carbocycles. The number of Topliss-reactive ketones (excluding diaryl/α,β-unsaturated/α-hetero) is 1. The number of aromatic nitrogens is 1. The number of methoxy groups -OCH3 is 1. The first-order valence-electron chi connectivity index (χ1n) is 7.58. The second-order valence-corrected chi connectivity index (χ2v) is 5.86. The number of ether oxygens (including phenoxy) is 1. The molecule has 0 spiro atoms. The number of carboxylic acids is 1. The number of fused-ring (bicyclic) bond motifs is 1. The average molecular weight is 341 g/mol. The summed E-state index contributed by atoms with van der Waals surface area (Å²) in [6, 6.07) is 10.8. The number of H-pyrrole nitrogens is 1. The summed E-state index contributed by atoms with van der Waals surface area (Å²) in [5, 5.41) is 10.3. The molecule has 3 aromatic rings. The first-order chi connectivity index (χ1) is 11.9. The van der Waals surface area contributed by atoms with Crippen LogP contribution >= 0.6 is 0 Å². The summed E-state index contributed by atoms with van der Waals surface area (Å²) >= 11 is 0. The highest BCUT2D eigenvalue weighted by molar-refractivity contribution is 6.18. The molecule has 1 unspecified atom stereocenters. The van der Waals surface area contributed by atoms with Crippen molar-refractivity contribution in [3.63, 3.8) is 0 Å². The molecule has 0 saturated carbocycles. The topological polar surface area (TPSA) is 79.4 Å². The monoisotopic (exact) mass is 341 g/mol.